The number of hydrogen-bond acceptors (Lipinski definition) is 9. The van der Waals surface area contributed by atoms with Gasteiger partial charge >= 0.3 is 5.97 Å². The van der Waals surface area contributed by atoms with E-state index in [1.807, 2.05) is 0 Å². The van der Waals surface area contributed by atoms with Gasteiger partial charge in [-0.15, -0.1) is 0 Å². The number of carboxylic acid groups (broad SMARTS) is 1. The van der Waals surface area contributed by atoms with Gasteiger partial charge in [-0.2, -0.15) is 0 Å². The molecular formula is C24H40N12O5. The van der Waals surface area contributed by atoms with Crippen molar-refractivity contribution in [1.82, 2.24) is 35.9 Å². The molecule has 0 bridgehead atoms. The van der Waals surface area contributed by atoms with E-state index in [2.05, 4.69) is 40.9 Å². The molecule has 4 unspecified atom stereocenters. The van der Waals surface area contributed by atoms with Crippen LogP contribution < -0.4 is 38.9 Å². The first-order valence-corrected chi connectivity index (χ1v) is 13.2. The molecule has 17 heteroatoms. The largest absolute Gasteiger partial charge is 0.480 e. The number of carbonyl (C=O) groups excluding carboxylic acids is 3. The smallest absolute Gasteiger partial charge is 0.326 e. The zero-order valence-electron chi connectivity index (χ0n) is 22.7. The third-order valence-electron chi connectivity index (χ3n) is 6.09. The van der Waals surface area contributed by atoms with Crippen molar-refractivity contribution in [3.05, 3.63) is 36.4 Å². The second kappa shape index (κ2) is 17.2. The first kappa shape index (κ1) is 32.7. The molecule has 226 valence electrons. The van der Waals surface area contributed by atoms with Gasteiger partial charge in [0, 0.05) is 43.2 Å². The minimum Gasteiger partial charge on any atom is -0.480 e. The number of unbranched alkanes of at least 4 members (excludes halogenated alkanes) is 1. The van der Waals surface area contributed by atoms with Crippen molar-refractivity contribution >= 4 is 29.7 Å². The molecule has 0 aromatic carbocycles. The van der Waals surface area contributed by atoms with Crippen molar-refractivity contribution in [2.75, 3.05) is 13.1 Å². The van der Waals surface area contributed by atoms with Gasteiger partial charge in [-0.3, -0.25) is 19.4 Å². The maximum atomic E-state index is 13.4. The van der Waals surface area contributed by atoms with E-state index in [9.17, 15) is 24.3 Å². The van der Waals surface area contributed by atoms with Crippen LogP contribution in [0.15, 0.2) is 30.0 Å². The number of aromatic nitrogens is 4. The standard InChI is InChI=1S/C24H40N12O5/c25-6-2-1-5-17(21(38)36-19(23(40)41)9-15-11-30-13-33-15)34-22(39)18(8-14-10-29-12-32-14)35-20(37)16(26)4-3-7-31-24(27)28/h10-13,16-19H,1-9,25-26H2,(H,29,32)(H,30,33)(H,34,39)(H,35,37)(H,36,38)(H,40,41)(H4,27,28,31). The van der Waals surface area contributed by atoms with Crippen LogP contribution in [0.4, 0.5) is 0 Å². The number of carboxylic acids is 1. The fourth-order valence-electron chi connectivity index (χ4n) is 3.88. The average molecular weight is 577 g/mol. The molecule has 0 spiro atoms. The van der Waals surface area contributed by atoms with E-state index in [-0.39, 0.29) is 31.6 Å². The van der Waals surface area contributed by atoms with Gasteiger partial charge in [0.05, 0.1) is 18.7 Å². The third kappa shape index (κ3) is 12.0. The van der Waals surface area contributed by atoms with E-state index in [0.717, 1.165) is 0 Å². The summed E-state index contributed by atoms with van der Waals surface area (Å²) < 4.78 is 0. The Kier molecular flexibility index (Phi) is 13.7. The summed E-state index contributed by atoms with van der Waals surface area (Å²) >= 11 is 0. The van der Waals surface area contributed by atoms with Crippen LogP contribution in [0.1, 0.15) is 43.5 Å². The van der Waals surface area contributed by atoms with Crippen LogP contribution in [-0.4, -0.2) is 91.9 Å². The number of aromatic amines is 2. The van der Waals surface area contributed by atoms with Gasteiger partial charge in [-0.05, 0) is 38.6 Å². The minimum absolute atomic E-state index is 0.0347. The Hall–Kier alpha value is -4.51. The van der Waals surface area contributed by atoms with E-state index in [0.29, 0.717) is 43.7 Å². The molecule has 0 aliphatic rings. The number of amides is 3. The van der Waals surface area contributed by atoms with Gasteiger partial charge in [-0.25, -0.2) is 14.8 Å². The molecule has 2 aromatic heterocycles. The Balaban J connectivity index is 2.13. The normalized spacial score (nSPS) is 13.8. The number of nitrogens with two attached hydrogens (primary N) is 4. The van der Waals surface area contributed by atoms with Gasteiger partial charge in [-0.1, -0.05) is 0 Å². The van der Waals surface area contributed by atoms with Crippen molar-refractivity contribution in [2.24, 2.45) is 27.9 Å². The van der Waals surface area contributed by atoms with Crippen LogP contribution in [-0.2, 0) is 32.0 Å². The molecule has 0 radical (unpaired) electrons. The summed E-state index contributed by atoms with van der Waals surface area (Å²) in [4.78, 5) is 68.5. The maximum absolute atomic E-state index is 13.4. The SMILES string of the molecule is NCCCCC(NC(=O)C(Cc1cnc[nH]1)NC(=O)C(N)CCCN=C(N)N)C(=O)NC(Cc1cnc[nH]1)C(=O)O. The number of guanidine groups is 1. The van der Waals surface area contributed by atoms with E-state index < -0.39 is 47.9 Å². The van der Waals surface area contributed by atoms with Crippen LogP contribution in [0, 0.1) is 0 Å². The first-order chi connectivity index (χ1) is 19.6. The second-order valence-corrected chi connectivity index (χ2v) is 9.42. The van der Waals surface area contributed by atoms with Gasteiger partial charge in [0.2, 0.25) is 17.7 Å². The highest BCUT2D eigenvalue weighted by atomic mass is 16.4. The molecule has 3 amide bonds. The molecule has 0 saturated carbocycles. The summed E-state index contributed by atoms with van der Waals surface area (Å²) in [5.41, 5.74) is 23.3. The molecule has 0 saturated heterocycles. The maximum Gasteiger partial charge on any atom is 0.326 e. The number of nitrogens with zero attached hydrogens (tertiary/aromatic N) is 3. The van der Waals surface area contributed by atoms with E-state index in [1.54, 1.807) is 0 Å². The molecule has 2 aromatic rings. The van der Waals surface area contributed by atoms with Gasteiger partial charge in [0.25, 0.3) is 0 Å². The summed E-state index contributed by atoms with van der Waals surface area (Å²) in [5.74, 6) is -3.25. The Bertz CT molecular complexity index is 1120. The van der Waals surface area contributed by atoms with Crippen molar-refractivity contribution in [3.8, 4) is 0 Å². The number of hydrogen-bond donors (Lipinski definition) is 10. The molecule has 41 heavy (non-hydrogen) atoms. The lowest BCUT2D eigenvalue weighted by Crippen LogP contribution is -2.57. The molecule has 0 aliphatic carbocycles. The molecule has 4 atom stereocenters. The average Bonchev–Trinajstić information content (AvgIpc) is 3.64. The van der Waals surface area contributed by atoms with Gasteiger partial charge in [0.1, 0.15) is 18.1 Å². The van der Waals surface area contributed by atoms with Crippen LogP contribution in [0.2, 0.25) is 0 Å². The van der Waals surface area contributed by atoms with Crippen molar-refractivity contribution < 1.29 is 24.3 Å². The number of nitrogens with one attached hydrogen (secondary N) is 5. The number of aliphatic imine (C=N–C) groups is 1. The fraction of sp³-hybridized carbons (Fsp3) is 0.542. The highest BCUT2D eigenvalue weighted by molar-refractivity contribution is 5.94. The van der Waals surface area contributed by atoms with Crippen LogP contribution in [0.3, 0.4) is 0 Å². The lowest BCUT2D eigenvalue weighted by Gasteiger charge is -2.25. The van der Waals surface area contributed by atoms with E-state index >= 15 is 0 Å². The number of H-pyrrole nitrogens is 2. The number of carbonyl (C=O) groups is 4. The summed E-state index contributed by atoms with van der Waals surface area (Å²) in [6.45, 7) is 0.665. The number of imidazole rings is 2. The second-order valence-electron chi connectivity index (χ2n) is 9.42. The quantitative estimate of drug-likeness (QED) is 0.0455. The highest BCUT2D eigenvalue weighted by Crippen LogP contribution is 2.07. The Morgan fingerprint density at radius 2 is 1.39 bits per heavy atom. The van der Waals surface area contributed by atoms with Crippen molar-refractivity contribution in [1.29, 1.82) is 0 Å². The van der Waals surface area contributed by atoms with Crippen molar-refractivity contribution in [3.63, 3.8) is 0 Å². The molecule has 17 nitrogen and oxygen atoms in total. The van der Waals surface area contributed by atoms with Crippen LogP contribution >= 0.6 is 0 Å². The fourth-order valence-corrected chi connectivity index (χ4v) is 3.88. The molecule has 0 fully saturated rings. The molecule has 14 N–H and O–H groups in total. The van der Waals surface area contributed by atoms with Crippen molar-refractivity contribution in [2.45, 2.75) is 69.1 Å². The summed E-state index contributed by atoms with van der Waals surface area (Å²) in [5, 5.41) is 17.4. The molecule has 0 aliphatic heterocycles. The topological polar surface area (TPSA) is 298 Å². The first-order valence-electron chi connectivity index (χ1n) is 13.2. The number of rotatable bonds is 19. The Labute approximate surface area is 236 Å². The summed E-state index contributed by atoms with van der Waals surface area (Å²) in [6, 6.07) is -4.41. The van der Waals surface area contributed by atoms with Gasteiger partial charge < -0.3 is 54.0 Å². The molecule has 2 heterocycles. The molecule has 2 rings (SSSR count). The lowest BCUT2D eigenvalue weighted by atomic mass is 10.0. The Morgan fingerprint density at radius 1 is 0.829 bits per heavy atom. The summed E-state index contributed by atoms with van der Waals surface area (Å²) in [7, 11) is 0. The van der Waals surface area contributed by atoms with E-state index in [4.69, 9.17) is 22.9 Å². The zero-order valence-corrected chi connectivity index (χ0v) is 22.7. The third-order valence-corrected chi connectivity index (χ3v) is 6.09. The Morgan fingerprint density at radius 3 is 1.93 bits per heavy atom. The minimum atomic E-state index is -1.27. The van der Waals surface area contributed by atoms with Gasteiger partial charge in [0.15, 0.2) is 5.96 Å². The van der Waals surface area contributed by atoms with Crippen LogP contribution in [0.5, 0.6) is 0 Å². The monoisotopic (exact) mass is 576 g/mol. The zero-order chi connectivity index (χ0) is 30.2. The summed E-state index contributed by atoms with van der Waals surface area (Å²) in [6.07, 6.45) is 7.75. The number of aliphatic carboxylic acids is 1. The lowest BCUT2D eigenvalue weighted by molar-refractivity contribution is -0.142. The highest BCUT2D eigenvalue weighted by Gasteiger charge is 2.30. The van der Waals surface area contributed by atoms with E-state index in [1.165, 1.54) is 25.0 Å². The molecular weight excluding hydrogens is 536 g/mol. The predicted octanol–water partition coefficient (Wildman–Crippen LogP) is -3.03. The predicted molar refractivity (Wildman–Crippen MR) is 149 cm³/mol. The van der Waals surface area contributed by atoms with Crippen LogP contribution in [0.25, 0.3) is 0 Å².